The largest absolute Gasteiger partial charge is 0.478 e. The van der Waals surface area contributed by atoms with Crippen LogP contribution in [0.2, 0.25) is 5.02 Å². The number of rotatable bonds is 5. The lowest BCUT2D eigenvalue weighted by Gasteiger charge is -2.10. The first-order valence-electron chi connectivity index (χ1n) is 6.62. The highest BCUT2D eigenvalue weighted by Crippen LogP contribution is 2.23. The van der Waals surface area contributed by atoms with E-state index in [1.807, 2.05) is 0 Å². The summed E-state index contributed by atoms with van der Waals surface area (Å²) in [4.78, 5) is 22.0. The zero-order chi connectivity index (χ0) is 17.9. The van der Waals surface area contributed by atoms with Crippen LogP contribution in [0.3, 0.4) is 0 Å². The quantitative estimate of drug-likeness (QED) is 0.751. The Bertz CT molecular complexity index is 895. The van der Waals surface area contributed by atoms with Crippen LogP contribution < -0.4 is 10.0 Å². The summed E-state index contributed by atoms with van der Waals surface area (Å²) < 4.78 is 26.9. The predicted molar refractivity (Wildman–Crippen MR) is 90.0 cm³/mol. The Morgan fingerprint density at radius 1 is 1.04 bits per heavy atom. The third kappa shape index (κ3) is 4.24. The molecule has 2 aromatic carbocycles. The summed E-state index contributed by atoms with van der Waals surface area (Å²) >= 11 is 5.75. The maximum atomic E-state index is 12.3. The molecule has 0 bridgehead atoms. The maximum absolute atomic E-state index is 12.3. The van der Waals surface area contributed by atoms with Crippen molar-refractivity contribution >= 4 is 44.9 Å². The summed E-state index contributed by atoms with van der Waals surface area (Å²) in [5.74, 6) is -1.54. The lowest BCUT2D eigenvalue weighted by molar-refractivity contribution is -0.114. The van der Waals surface area contributed by atoms with Gasteiger partial charge in [-0.1, -0.05) is 11.6 Å². The van der Waals surface area contributed by atoms with Crippen LogP contribution in [-0.2, 0) is 14.8 Å². The number of hydrogen-bond acceptors (Lipinski definition) is 4. The number of sulfonamides is 1. The average molecular weight is 369 g/mol. The summed E-state index contributed by atoms with van der Waals surface area (Å²) in [6.07, 6.45) is 0. The monoisotopic (exact) mass is 368 g/mol. The minimum Gasteiger partial charge on any atom is -0.478 e. The molecule has 0 spiro atoms. The third-order valence-electron chi connectivity index (χ3n) is 2.93. The molecular weight excluding hydrogens is 356 g/mol. The van der Waals surface area contributed by atoms with Crippen molar-refractivity contribution in [3.63, 3.8) is 0 Å². The van der Waals surface area contributed by atoms with E-state index in [0.29, 0.717) is 5.69 Å². The molecule has 0 radical (unpaired) electrons. The zero-order valence-corrected chi connectivity index (χ0v) is 14.0. The molecule has 0 aromatic heterocycles. The lowest BCUT2D eigenvalue weighted by atomic mass is 10.2. The van der Waals surface area contributed by atoms with Gasteiger partial charge in [0, 0.05) is 18.3 Å². The van der Waals surface area contributed by atoms with Crippen molar-refractivity contribution in [1.29, 1.82) is 0 Å². The number of carbonyl (C=O) groups is 2. The van der Waals surface area contributed by atoms with E-state index < -0.39 is 16.0 Å². The lowest BCUT2D eigenvalue weighted by Crippen LogP contribution is -2.14. The first kappa shape index (κ1) is 17.8. The topological polar surface area (TPSA) is 113 Å². The molecule has 0 saturated carbocycles. The summed E-state index contributed by atoms with van der Waals surface area (Å²) in [5, 5.41) is 11.5. The van der Waals surface area contributed by atoms with Crippen LogP contribution in [0.4, 0.5) is 11.4 Å². The van der Waals surface area contributed by atoms with E-state index in [0.717, 1.165) is 6.07 Å². The van der Waals surface area contributed by atoms with Crippen molar-refractivity contribution in [3.8, 4) is 0 Å². The standard InChI is InChI=1S/C15H13ClN2O5S/c1-9(19)17-10-2-5-12(6-3-10)24(22,23)18-11-4-7-14(16)13(8-11)15(20)21/h2-8,18H,1H3,(H,17,19)(H,20,21). The summed E-state index contributed by atoms with van der Waals surface area (Å²) in [6.45, 7) is 1.34. The van der Waals surface area contributed by atoms with E-state index in [4.69, 9.17) is 16.7 Å². The van der Waals surface area contributed by atoms with Gasteiger partial charge in [-0.2, -0.15) is 0 Å². The number of carboxylic acids is 1. The molecule has 2 rings (SSSR count). The molecule has 1 amide bonds. The second-order valence-electron chi connectivity index (χ2n) is 4.81. The van der Waals surface area contributed by atoms with Crippen molar-refractivity contribution in [2.45, 2.75) is 11.8 Å². The number of amides is 1. The van der Waals surface area contributed by atoms with Gasteiger partial charge in [-0.15, -0.1) is 0 Å². The van der Waals surface area contributed by atoms with Crippen molar-refractivity contribution < 1.29 is 23.1 Å². The highest BCUT2D eigenvalue weighted by atomic mass is 35.5. The molecule has 0 fully saturated rings. The van der Waals surface area contributed by atoms with Crippen LogP contribution in [-0.4, -0.2) is 25.4 Å². The average Bonchev–Trinajstić information content (AvgIpc) is 2.48. The van der Waals surface area contributed by atoms with Crippen LogP contribution in [0.25, 0.3) is 0 Å². The minimum absolute atomic E-state index is 0.00473. The van der Waals surface area contributed by atoms with Crippen molar-refractivity contribution in [2.75, 3.05) is 10.0 Å². The molecule has 0 aliphatic rings. The molecule has 0 unspecified atom stereocenters. The molecule has 0 aliphatic heterocycles. The van der Waals surface area contributed by atoms with E-state index in [-0.39, 0.29) is 27.1 Å². The van der Waals surface area contributed by atoms with Gasteiger partial charge in [0.25, 0.3) is 10.0 Å². The number of nitrogens with one attached hydrogen (secondary N) is 2. The second-order valence-corrected chi connectivity index (χ2v) is 6.90. The molecule has 2 aromatic rings. The fourth-order valence-corrected chi connectivity index (χ4v) is 3.14. The first-order valence-corrected chi connectivity index (χ1v) is 8.48. The zero-order valence-electron chi connectivity index (χ0n) is 12.4. The van der Waals surface area contributed by atoms with E-state index in [2.05, 4.69) is 10.0 Å². The second kappa shape index (κ2) is 6.90. The van der Waals surface area contributed by atoms with Crippen LogP contribution in [0, 0.1) is 0 Å². The van der Waals surface area contributed by atoms with Crippen LogP contribution in [0.5, 0.6) is 0 Å². The summed E-state index contributed by atoms with van der Waals surface area (Å²) in [7, 11) is -3.91. The van der Waals surface area contributed by atoms with Crippen molar-refractivity contribution in [1.82, 2.24) is 0 Å². The van der Waals surface area contributed by atoms with Crippen molar-refractivity contribution in [3.05, 3.63) is 53.1 Å². The molecule has 3 N–H and O–H groups in total. The fourth-order valence-electron chi connectivity index (χ4n) is 1.89. The van der Waals surface area contributed by atoms with Gasteiger partial charge < -0.3 is 10.4 Å². The van der Waals surface area contributed by atoms with Gasteiger partial charge in [0.15, 0.2) is 0 Å². The predicted octanol–water partition coefficient (Wildman–Crippen LogP) is 2.80. The normalized spacial score (nSPS) is 10.9. The van der Waals surface area contributed by atoms with E-state index in [1.54, 1.807) is 0 Å². The van der Waals surface area contributed by atoms with E-state index in [9.17, 15) is 18.0 Å². The number of halogens is 1. The Morgan fingerprint density at radius 3 is 2.17 bits per heavy atom. The van der Waals surface area contributed by atoms with Gasteiger partial charge in [0.2, 0.25) is 5.91 Å². The Morgan fingerprint density at radius 2 is 1.62 bits per heavy atom. The summed E-state index contributed by atoms with van der Waals surface area (Å²) in [5.41, 5.74) is 0.321. The first-order chi connectivity index (χ1) is 11.2. The van der Waals surface area contributed by atoms with Crippen LogP contribution in [0.15, 0.2) is 47.4 Å². The molecule has 0 saturated heterocycles. The molecule has 24 heavy (non-hydrogen) atoms. The number of benzene rings is 2. The number of carbonyl (C=O) groups excluding carboxylic acids is 1. The molecular formula is C15H13ClN2O5S. The highest BCUT2D eigenvalue weighted by molar-refractivity contribution is 7.92. The van der Waals surface area contributed by atoms with Gasteiger partial charge in [-0.3, -0.25) is 9.52 Å². The van der Waals surface area contributed by atoms with E-state index in [1.165, 1.54) is 43.3 Å². The van der Waals surface area contributed by atoms with E-state index >= 15 is 0 Å². The molecule has 0 heterocycles. The highest BCUT2D eigenvalue weighted by Gasteiger charge is 2.16. The SMILES string of the molecule is CC(=O)Nc1ccc(S(=O)(=O)Nc2ccc(Cl)c(C(=O)O)c2)cc1. The Kier molecular flexibility index (Phi) is 5.10. The Balaban J connectivity index is 2.27. The molecule has 0 aliphatic carbocycles. The van der Waals surface area contributed by atoms with Gasteiger partial charge in [0.05, 0.1) is 15.5 Å². The Hall–Kier alpha value is -2.58. The number of hydrogen-bond donors (Lipinski definition) is 3. The van der Waals surface area contributed by atoms with Gasteiger partial charge in [-0.05, 0) is 42.5 Å². The number of aromatic carboxylic acids is 1. The molecule has 0 atom stereocenters. The van der Waals surface area contributed by atoms with Crippen LogP contribution in [0.1, 0.15) is 17.3 Å². The Labute approximate surface area is 143 Å². The molecule has 9 heteroatoms. The maximum Gasteiger partial charge on any atom is 0.337 e. The number of carboxylic acid groups (broad SMARTS) is 1. The van der Waals surface area contributed by atoms with Gasteiger partial charge in [-0.25, -0.2) is 13.2 Å². The third-order valence-corrected chi connectivity index (χ3v) is 4.66. The molecule has 126 valence electrons. The number of anilines is 2. The molecule has 7 nitrogen and oxygen atoms in total. The van der Waals surface area contributed by atoms with Crippen LogP contribution >= 0.6 is 11.6 Å². The smallest absolute Gasteiger partial charge is 0.337 e. The fraction of sp³-hybridized carbons (Fsp3) is 0.0667. The summed E-state index contributed by atoms with van der Waals surface area (Å²) in [6, 6.07) is 9.32. The van der Waals surface area contributed by atoms with Crippen molar-refractivity contribution in [2.24, 2.45) is 0 Å². The minimum atomic E-state index is -3.91. The van der Waals surface area contributed by atoms with Gasteiger partial charge in [0.1, 0.15) is 0 Å². The van der Waals surface area contributed by atoms with Gasteiger partial charge >= 0.3 is 5.97 Å².